The molecule has 0 saturated heterocycles. The van der Waals surface area contributed by atoms with Crippen LogP contribution in [0.15, 0.2) is 22.7 Å². The molecule has 0 amide bonds. The molecule has 1 nitrogen and oxygen atoms in total. The van der Waals surface area contributed by atoms with Crippen molar-refractivity contribution in [3.05, 3.63) is 28.2 Å². The van der Waals surface area contributed by atoms with Gasteiger partial charge in [0, 0.05) is 9.80 Å². The van der Waals surface area contributed by atoms with Gasteiger partial charge in [-0.15, -0.1) is 0 Å². The van der Waals surface area contributed by atoms with Crippen molar-refractivity contribution in [3.8, 4) is 5.75 Å². The third-order valence-corrected chi connectivity index (χ3v) is 4.58. The van der Waals surface area contributed by atoms with Gasteiger partial charge in [-0.25, -0.2) is 0 Å². The number of ether oxygens (including phenoxy) is 1. The van der Waals surface area contributed by atoms with Gasteiger partial charge in [0.05, 0.1) is 7.11 Å². The van der Waals surface area contributed by atoms with Gasteiger partial charge in [0.1, 0.15) is 5.75 Å². The van der Waals surface area contributed by atoms with E-state index in [1.165, 1.54) is 5.56 Å². The third kappa shape index (κ3) is 3.80. The lowest BCUT2D eigenvalue weighted by Gasteiger charge is -2.22. The zero-order chi connectivity index (χ0) is 11.5. The standard InChI is InChI=1S/C12H16Br2O/c1-12(2,8-13)7-9-6-10(15-3)4-5-11(9)14/h4-6H,7-8H2,1-3H3. The van der Waals surface area contributed by atoms with E-state index in [1.54, 1.807) is 7.11 Å². The molecule has 0 fully saturated rings. The van der Waals surface area contributed by atoms with Crippen LogP contribution in [0.1, 0.15) is 19.4 Å². The minimum atomic E-state index is 0.259. The Kier molecular flexibility index (Phi) is 4.65. The molecule has 1 aromatic rings. The van der Waals surface area contributed by atoms with Crippen molar-refractivity contribution >= 4 is 31.9 Å². The highest BCUT2D eigenvalue weighted by Gasteiger charge is 2.18. The molecular formula is C12H16Br2O. The van der Waals surface area contributed by atoms with Crippen molar-refractivity contribution in [1.29, 1.82) is 0 Å². The number of rotatable bonds is 4. The molecule has 0 spiro atoms. The van der Waals surface area contributed by atoms with E-state index < -0.39 is 0 Å². The van der Waals surface area contributed by atoms with Crippen molar-refractivity contribution in [3.63, 3.8) is 0 Å². The van der Waals surface area contributed by atoms with E-state index in [2.05, 4.69) is 51.8 Å². The zero-order valence-electron chi connectivity index (χ0n) is 9.31. The molecule has 15 heavy (non-hydrogen) atoms. The molecule has 0 aliphatic heterocycles. The Morgan fingerprint density at radius 3 is 2.53 bits per heavy atom. The SMILES string of the molecule is COc1ccc(Br)c(CC(C)(C)CBr)c1. The molecule has 0 atom stereocenters. The van der Waals surface area contributed by atoms with E-state index in [-0.39, 0.29) is 5.41 Å². The van der Waals surface area contributed by atoms with Gasteiger partial charge in [0.25, 0.3) is 0 Å². The van der Waals surface area contributed by atoms with Gasteiger partial charge in [-0.3, -0.25) is 0 Å². The summed E-state index contributed by atoms with van der Waals surface area (Å²) < 4.78 is 6.38. The Morgan fingerprint density at radius 2 is 2.00 bits per heavy atom. The van der Waals surface area contributed by atoms with Crippen LogP contribution in [0.3, 0.4) is 0 Å². The number of hydrogen-bond donors (Lipinski definition) is 0. The monoisotopic (exact) mass is 334 g/mol. The largest absolute Gasteiger partial charge is 0.497 e. The lowest BCUT2D eigenvalue weighted by molar-refractivity contribution is 0.407. The van der Waals surface area contributed by atoms with E-state index in [1.807, 2.05) is 12.1 Å². The van der Waals surface area contributed by atoms with Gasteiger partial charge in [0.2, 0.25) is 0 Å². The summed E-state index contributed by atoms with van der Waals surface area (Å²) in [5, 5.41) is 0.990. The normalized spacial score (nSPS) is 11.5. The summed E-state index contributed by atoms with van der Waals surface area (Å²) in [5.74, 6) is 0.915. The number of hydrogen-bond acceptors (Lipinski definition) is 1. The second kappa shape index (κ2) is 5.35. The van der Waals surface area contributed by atoms with Gasteiger partial charge in [-0.05, 0) is 35.6 Å². The first-order chi connectivity index (χ1) is 6.98. The summed E-state index contributed by atoms with van der Waals surface area (Å²) in [6.07, 6.45) is 1.02. The van der Waals surface area contributed by atoms with Gasteiger partial charge in [-0.1, -0.05) is 45.7 Å². The van der Waals surface area contributed by atoms with E-state index in [9.17, 15) is 0 Å². The molecule has 0 bridgehead atoms. The highest BCUT2D eigenvalue weighted by molar-refractivity contribution is 9.10. The average molecular weight is 336 g/mol. The van der Waals surface area contributed by atoms with Crippen molar-refractivity contribution in [1.82, 2.24) is 0 Å². The summed E-state index contributed by atoms with van der Waals surface area (Å²) in [6.45, 7) is 4.49. The fourth-order valence-corrected chi connectivity index (χ4v) is 1.96. The fourth-order valence-electron chi connectivity index (χ4n) is 1.38. The second-order valence-corrected chi connectivity index (χ2v) is 5.85. The molecule has 0 aliphatic carbocycles. The predicted octanol–water partition coefficient (Wildman–Crippen LogP) is 4.42. The first kappa shape index (κ1) is 13.0. The summed E-state index contributed by atoms with van der Waals surface area (Å²) in [6, 6.07) is 6.10. The van der Waals surface area contributed by atoms with Crippen LogP contribution in [0.5, 0.6) is 5.75 Å². The molecule has 1 rings (SSSR count). The van der Waals surface area contributed by atoms with E-state index in [0.717, 1.165) is 22.0 Å². The van der Waals surface area contributed by atoms with Crippen LogP contribution in [-0.2, 0) is 6.42 Å². The van der Waals surface area contributed by atoms with Crippen LogP contribution < -0.4 is 4.74 Å². The topological polar surface area (TPSA) is 9.23 Å². The summed E-state index contributed by atoms with van der Waals surface area (Å²) in [5.41, 5.74) is 1.55. The molecule has 3 heteroatoms. The van der Waals surface area contributed by atoms with Crippen molar-refractivity contribution < 1.29 is 4.74 Å². The van der Waals surface area contributed by atoms with Crippen molar-refractivity contribution in [2.75, 3.05) is 12.4 Å². The Labute approximate surface area is 108 Å². The molecule has 0 N–H and O–H groups in total. The quantitative estimate of drug-likeness (QED) is 0.740. The maximum atomic E-state index is 5.23. The highest BCUT2D eigenvalue weighted by atomic mass is 79.9. The van der Waals surface area contributed by atoms with Crippen molar-refractivity contribution in [2.24, 2.45) is 5.41 Å². The zero-order valence-corrected chi connectivity index (χ0v) is 12.5. The van der Waals surface area contributed by atoms with Gasteiger partial charge in [-0.2, -0.15) is 0 Å². The lowest BCUT2D eigenvalue weighted by Crippen LogP contribution is -2.16. The summed E-state index contributed by atoms with van der Waals surface area (Å²) >= 11 is 7.11. The molecule has 0 aliphatic rings. The van der Waals surface area contributed by atoms with Crippen LogP contribution in [0.25, 0.3) is 0 Å². The van der Waals surface area contributed by atoms with E-state index in [0.29, 0.717) is 0 Å². The predicted molar refractivity (Wildman–Crippen MR) is 72.0 cm³/mol. The summed E-state index contributed by atoms with van der Waals surface area (Å²) in [4.78, 5) is 0. The minimum absolute atomic E-state index is 0.259. The minimum Gasteiger partial charge on any atom is -0.497 e. The van der Waals surface area contributed by atoms with Gasteiger partial charge < -0.3 is 4.74 Å². The first-order valence-electron chi connectivity index (χ1n) is 4.87. The van der Waals surface area contributed by atoms with Crippen molar-refractivity contribution in [2.45, 2.75) is 20.3 Å². The number of methoxy groups -OCH3 is 1. The lowest BCUT2D eigenvalue weighted by atomic mass is 9.88. The fraction of sp³-hybridized carbons (Fsp3) is 0.500. The molecule has 0 heterocycles. The molecule has 0 aromatic heterocycles. The molecule has 1 aromatic carbocycles. The van der Waals surface area contributed by atoms with Gasteiger partial charge in [0.15, 0.2) is 0 Å². The second-order valence-electron chi connectivity index (χ2n) is 4.43. The van der Waals surface area contributed by atoms with E-state index >= 15 is 0 Å². The molecular weight excluding hydrogens is 320 g/mol. The van der Waals surface area contributed by atoms with Crippen LogP contribution in [0.2, 0.25) is 0 Å². The number of alkyl halides is 1. The molecule has 84 valence electrons. The molecule has 0 radical (unpaired) electrons. The average Bonchev–Trinajstić information content (AvgIpc) is 2.21. The van der Waals surface area contributed by atoms with Crippen LogP contribution in [0, 0.1) is 5.41 Å². The molecule has 0 unspecified atom stereocenters. The number of benzene rings is 1. The molecule has 0 saturated carbocycles. The number of halogens is 2. The maximum Gasteiger partial charge on any atom is 0.119 e. The van der Waals surface area contributed by atoms with Gasteiger partial charge >= 0.3 is 0 Å². The Hall–Kier alpha value is -0.0200. The van der Waals surface area contributed by atoms with Crippen LogP contribution >= 0.6 is 31.9 Å². The Morgan fingerprint density at radius 1 is 1.33 bits per heavy atom. The van der Waals surface area contributed by atoms with Crippen LogP contribution in [-0.4, -0.2) is 12.4 Å². The Balaban J connectivity index is 2.93. The van der Waals surface area contributed by atoms with Crippen LogP contribution in [0.4, 0.5) is 0 Å². The highest BCUT2D eigenvalue weighted by Crippen LogP contribution is 2.30. The van der Waals surface area contributed by atoms with E-state index in [4.69, 9.17) is 4.74 Å². The Bertz CT molecular complexity index is 334. The first-order valence-corrected chi connectivity index (χ1v) is 6.78. The smallest absolute Gasteiger partial charge is 0.119 e. The third-order valence-electron chi connectivity index (χ3n) is 2.28. The summed E-state index contributed by atoms with van der Waals surface area (Å²) in [7, 11) is 1.70. The maximum absolute atomic E-state index is 5.23.